The van der Waals surface area contributed by atoms with Gasteiger partial charge in [-0.2, -0.15) is 0 Å². The first-order valence-electron chi connectivity index (χ1n) is 6.62. The number of aryl methyl sites for hydroxylation is 1. The van der Waals surface area contributed by atoms with Crippen LogP contribution in [0.25, 0.3) is 0 Å². The first-order valence-corrected chi connectivity index (χ1v) is 7.00. The molecule has 18 heavy (non-hydrogen) atoms. The highest BCUT2D eigenvalue weighted by molar-refractivity contribution is 6.29. The molecule has 2 heterocycles. The Morgan fingerprint density at radius 2 is 2.33 bits per heavy atom. The molecule has 1 saturated heterocycles. The van der Waals surface area contributed by atoms with E-state index in [0.29, 0.717) is 11.1 Å². The predicted octanol–water partition coefficient (Wildman–Crippen LogP) is 2.29. The maximum Gasteiger partial charge on any atom is 0.134 e. The van der Waals surface area contributed by atoms with Crippen molar-refractivity contribution >= 4 is 17.4 Å². The molecule has 0 aromatic carbocycles. The molecule has 4 nitrogen and oxygen atoms in total. The zero-order chi connectivity index (χ0) is 13.0. The van der Waals surface area contributed by atoms with Crippen molar-refractivity contribution in [3.63, 3.8) is 0 Å². The summed E-state index contributed by atoms with van der Waals surface area (Å²) >= 11 is 6.05. The number of aliphatic hydroxyl groups excluding tert-OH is 1. The van der Waals surface area contributed by atoms with Crippen LogP contribution in [-0.4, -0.2) is 34.8 Å². The molecule has 5 heteroatoms. The van der Waals surface area contributed by atoms with Crippen LogP contribution in [0.4, 0.5) is 5.82 Å². The maximum absolute atomic E-state index is 9.26. The van der Waals surface area contributed by atoms with Gasteiger partial charge < -0.3 is 10.0 Å². The number of aliphatic hydroxyl groups is 1. The molecular formula is C13H20ClN3O. The van der Waals surface area contributed by atoms with Crippen LogP contribution in [-0.2, 0) is 6.42 Å². The Morgan fingerprint density at radius 3 is 3.06 bits per heavy atom. The Hall–Kier alpha value is -0.870. The largest absolute Gasteiger partial charge is 0.396 e. The lowest BCUT2D eigenvalue weighted by Crippen LogP contribution is -2.37. The highest BCUT2D eigenvalue weighted by Crippen LogP contribution is 2.23. The summed E-state index contributed by atoms with van der Waals surface area (Å²) in [5.41, 5.74) is 0. The van der Waals surface area contributed by atoms with Gasteiger partial charge in [0.25, 0.3) is 0 Å². The fourth-order valence-electron chi connectivity index (χ4n) is 2.37. The van der Waals surface area contributed by atoms with Crippen molar-refractivity contribution in [1.82, 2.24) is 9.97 Å². The summed E-state index contributed by atoms with van der Waals surface area (Å²) in [5, 5.41) is 9.77. The summed E-state index contributed by atoms with van der Waals surface area (Å²) in [6.07, 6.45) is 4.05. The summed E-state index contributed by atoms with van der Waals surface area (Å²) in [5.74, 6) is 2.06. The zero-order valence-electron chi connectivity index (χ0n) is 10.8. The van der Waals surface area contributed by atoms with E-state index >= 15 is 0 Å². The summed E-state index contributed by atoms with van der Waals surface area (Å²) < 4.78 is 0. The Kier molecular flexibility index (Phi) is 4.78. The molecule has 1 aliphatic rings. The van der Waals surface area contributed by atoms with Crippen molar-refractivity contribution < 1.29 is 5.11 Å². The van der Waals surface area contributed by atoms with E-state index in [4.69, 9.17) is 11.6 Å². The first kappa shape index (κ1) is 13.6. The van der Waals surface area contributed by atoms with Crippen molar-refractivity contribution in [3.8, 4) is 0 Å². The minimum atomic E-state index is 0.247. The lowest BCUT2D eigenvalue weighted by molar-refractivity contribution is 0.208. The molecule has 1 aliphatic heterocycles. The van der Waals surface area contributed by atoms with Gasteiger partial charge in [0, 0.05) is 32.2 Å². The topological polar surface area (TPSA) is 49.2 Å². The predicted molar refractivity (Wildman–Crippen MR) is 73.1 cm³/mol. The molecule has 0 aliphatic carbocycles. The van der Waals surface area contributed by atoms with E-state index in [2.05, 4.69) is 21.8 Å². The number of nitrogens with zero attached hydrogens (tertiary/aromatic N) is 3. The number of piperidine rings is 1. The molecule has 1 unspecified atom stereocenters. The average Bonchev–Trinajstić information content (AvgIpc) is 2.38. The molecule has 1 atom stereocenters. The number of hydrogen-bond acceptors (Lipinski definition) is 4. The van der Waals surface area contributed by atoms with E-state index in [1.807, 2.05) is 6.07 Å². The van der Waals surface area contributed by atoms with Crippen LogP contribution >= 0.6 is 11.6 Å². The van der Waals surface area contributed by atoms with Gasteiger partial charge in [-0.15, -0.1) is 0 Å². The van der Waals surface area contributed by atoms with Gasteiger partial charge in [-0.3, -0.25) is 0 Å². The van der Waals surface area contributed by atoms with E-state index < -0.39 is 0 Å². The molecule has 2 rings (SSSR count). The van der Waals surface area contributed by atoms with Crippen LogP contribution in [0.15, 0.2) is 6.07 Å². The molecule has 1 fully saturated rings. The molecule has 0 radical (unpaired) electrons. The second-order valence-electron chi connectivity index (χ2n) is 4.85. The lowest BCUT2D eigenvalue weighted by atomic mass is 9.99. The van der Waals surface area contributed by atoms with E-state index in [0.717, 1.165) is 50.4 Å². The van der Waals surface area contributed by atoms with Crippen molar-refractivity contribution in [2.24, 2.45) is 5.92 Å². The highest BCUT2D eigenvalue weighted by atomic mass is 35.5. The van der Waals surface area contributed by atoms with E-state index in [9.17, 15) is 5.11 Å². The fraction of sp³-hybridized carbons (Fsp3) is 0.692. The van der Waals surface area contributed by atoms with Gasteiger partial charge in [-0.05, 0) is 25.2 Å². The summed E-state index contributed by atoms with van der Waals surface area (Å²) in [6.45, 7) is 4.19. The molecule has 100 valence electrons. The summed E-state index contributed by atoms with van der Waals surface area (Å²) in [7, 11) is 0. The van der Waals surface area contributed by atoms with Gasteiger partial charge in [0.2, 0.25) is 0 Å². The van der Waals surface area contributed by atoms with Crippen molar-refractivity contribution in [2.45, 2.75) is 32.6 Å². The maximum atomic E-state index is 9.26. The van der Waals surface area contributed by atoms with E-state index in [1.165, 1.54) is 0 Å². The Labute approximate surface area is 113 Å². The quantitative estimate of drug-likeness (QED) is 0.852. The SMILES string of the molecule is CCCc1nc(Cl)cc(N2CCCC(CO)C2)n1. The lowest BCUT2D eigenvalue weighted by Gasteiger charge is -2.32. The van der Waals surface area contributed by atoms with Crippen molar-refractivity contribution in [3.05, 3.63) is 17.0 Å². The zero-order valence-corrected chi connectivity index (χ0v) is 11.5. The van der Waals surface area contributed by atoms with Gasteiger partial charge in [0.1, 0.15) is 16.8 Å². The van der Waals surface area contributed by atoms with Gasteiger partial charge in [0.05, 0.1) is 0 Å². The third kappa shape index (κ3) is 3.33. The van der Waals surface area contributed by atoms with Crippen LogP contribution in [0.3, 0.4) is 0 Å². The molecule has 1 N–H and O–H groups in total. The number of anilines is 1. The molecule has 0 saturated carbocycles. The van der Waals surface area contributed by atoms with Gasteiger partial charge in [0.15, 0.2) is 0 Å². The molecule has 0 bridgehead atoms. The Bertz CT molecular complexity index is 400. The van der Waals surface area contributed by atoms with Crippen LogP contribution in [0.5, 0.6) is 0 Å². The summed E-state index contributed by atoms with van der Waals surface area (Å²) in [6, 6.07) is 1.82. The number of halogens is 1. The number of rotatable bonds is 4. The summed E-state index contributed by atoms with van der Waals surface area (Å²) in [4.78, 5) is 11.0. The normalized spacial score (nSPS) is 20.2. The minimum absolute atomic E-state index is 0.247. The van der Waals surface area contributed by atoms with Crippen LogP contribution < -0.4 is 4.90 Å². The molecule has 1 aromatic heterocycles. The second kappa shape index (κ2) is 6.34. The van der Waals surface area contributed by atoms with Crippen LogP contribution in [0.1, 0.15) is 32.0 Å². The average molecular weight is 270 g/mol. The monoisotopic (exact) mass is 269 g/mol. The standard InChI is InChI=1S/C13H20ClN3O/c1-2-4-12-15-11(14)7-13(16-12)17-6-3-5-10(8-17)9-18/h7,10,18H,2-6,8-9H2,1H3. The second-order valence-corrected chi connectivity index (χ2v) is 5.24. The number of hydrogen-bond donors (Lipinski definition) is 1. The molecule has 1 aromatic rings. The highest BCUT2D eigenvalue weighted by Gasteiger charge is 2.21. The molecule has 0 spiro atoms. The fourth-order valence-corrected chi connectivity index (χ4v) is 2.57. The van der Waals surface area contributed by atoms with Gasteiger partial charge >= 0.3 is 0 Å². The third-order valence-corrected chi connectivity index (χ3v) is 3.50. The van der Waals surface area contributed by atoms with Gasteiger partial charge in [-0.1, -0.05) is 18.5 Å². The van der Waals surface area contributed by atoms with Crippen LogP contribution in [0, 0.1) is 5.92 Å². The van der Waals surface area contributed by atoms with Crippen LogP contribution in [0.2, 0.25) is 5.15 Å². The molecular weight excluding hydrogens is 250 g/mol. The van der Waals surface area contributed by atoms with Gasteiger partial charge in [-0.25, -0.2) is 9.97 Å². The molecule has 0 amide bonds. The Balaban J connectivity index is 2.16. The Morgan fingerprint density at radius 1 is 1.50 bits per heavy atom. The number of aromatic nitrogens is 2. The van der Waals surface area contributed by atoms with Crippen molar-refractivity contribution in [2.75, 3.05) is 24.6 Å². The van der Waals surface area contributed by atoms with E-state index in [1.54, 1.807) is 0 Å². The van der Waals surface area contributed by atoms with E-state index in [-0.39, 0.29) is 6.61 Å². The smallest absolute Gasteiger partial charge is 0.134 e. The van der Waals surface area contributed by atoms with Crippen molar-refractivity contribution in [1.29, 1.82) is 0 Å². The first-order chi connectivity index (χ1) is 8.72. The third-order valence-electron chi connectivity index (χ3n) is 3.30. The minimum Gasteiger partial charge on any atom is -0.396 e.